The molecule has 0 fully saturated rings. The Morgan fingerprint density at radius 3 is 0.975 bits per heavy atom. The zero-order valence-electron chi connectivity index (χ0n) is 24.1. The number of hydrogen-bond acceptors (Lipinski definition) is 4. The predicted octanol–water partition coefficient (Wildman–Crippen LogP) is 10.1. The fraction of sp³-hybridized carbons (Fsp3) is 0.429. The molecule has 12 heteroatoms. The predicted molar refractivity (Wildman–Crippen MR) is 157 cm³/mol. The van der Waals surface area contributed by atoms with Crippen molar-refractivity contribution in [2.45, 2.75) is 79.6 Å². The van der Waals surface area contributed by atoms with Crippen LogP contribution in [0, 0.1) is 0 Å². The first-order valence-corrected chi connectivity index (χ1v) is 14.6. The van der Waals surface area contributed by atoms with Crippen LogP contribution in [0.2, 0.25) is 0 Å². The van der Waals surface area contributed by atoms with E-state index in [-0.39, 0.29) is 28.6 Å². The minimum absolute atomic E-state index is 0. The Bertz CT molecular complexity index is 1010. The van der Waals surface area contributed by atoms with E-state index in [9.17, 15) is 25.2 Å². The van der Waals surface area contributed by atoms with Crippen LogP contribution < -0.4 is 0 Å². The van der Waals surface area contributed by atoms with E-state index in [0.29, 0.717) is 12.1 Å². The smallest absolute Gasteiger partial charge is 0 e. The Labute approximate surface area is 244 Å². The second kappa shape index (κ2) is 16.8. The molecule has 230 valence electrons. The van der Waals surface area contributed by atoms with Crippen molar-refractivity contribution < 1.29 is 41.7 Å². The van der Waals surface area contributed by atoms with E-state index in [4.69, 9.17) is 0 Å². The average molecular weight is 636 g/mol. The van der Waals surface area contributed by atoms with Crippen LogP contribution in [0.4, 0.5) is 25.2 Å². The van der Waals surface area contributed by atoms with Gasteiger partial charge >= 0.3 is 33.0 Å². The largest absolute Gasteiger partial charge is 0 e. The van der Waals surface area contributed by atoms with Crippen molar-refractivity contribution in [2.24, 2.45) is 20.0 Å². The van der Waals surface area contributed by atoms with Gasteiger partial charge in [0.15, 0.2) is 0 Å². The van der Waals surface area contributed by atoms with Crippen LogP contribution in [0.25, 0.3) is 0 Å². The third-order valence-electron chi connectivity index (χ3n) is 3.92. The molecule has 0 saturated heterocycles. The van der Waals surface area contributed by atoms with E-state index in [1.165, 1.54) is 0 Å². The van der Waals surface area contributed by atoms with Crippen molar-refractivity contribution in [2.75, 3.05) is 0 Å². The van der Waals surface area contributed by atoms with Crippen LogP contribution in [0.15, 0.2) is 80.6 Å². The SMILES string of the molecule is CC(C)N=CC(=NC(C)C)c1ccccc1.CC(C)N=CC(=NC(C)C)c1ccccc1.F[P-](F)(F)(F)(F)F.[Ni]. The van der Waals surface area contributed by atoms with Crippen molar-refractivity contribution in [1.29, 1.82) is 0 Å². The summed E-state index contributed by atoms with van der Waals surface area (Å²) < 4.78 is 59.2. The molecular formula is C28H40F6N4NiP-. The maximum absolute atomic E-state index is 10.7. The number of aliphatic imine (C=N–C) groups is 4. The van der Waals surface area contributed by atoms with Gasteiger partial charge in [-0.3, -0.25) is 20.0 Å². The minimum atomic E-state index is -10.7. The van der Waals surface area contributed by atoms with Crippen molar-refractivity contribution in [3.8, 4) is 0 Å². The second-order valence-electron chi connectivity index (χ2n) is 9.65. The molecule has 40 heavy (non-hydrogen) atoms. The Balaban J connectivity index is 0. The van der Waals surface area contributed by atoms with Gasteiger partial charge in [0, 0.05) is 64.2 Å². The van der Waals surface area contributed by atoms with Crippen molar-refractivity contribution in [1.82, 2.24) is 0 Å². The molecule has 0 radical (unpaired) electrons. The van der Waals surface area contributed by atoms with Gasteiger partial charge in [-0.25, -0.2) is 0 Å². The van der Waals surface area contributed by atoms with Gasteiger partial charge in [0.1, 0.15) is 0 Å². The molecule has 4 nitrogen and oxygen atoms in total. The zero-order chi connectivity index (χ0) is 30.3. The van der Waals surface area contributed by atoms with E-state index in [1.807, 2.05) is 48.8 Å². The molecule has 0 spiro atoms. The normalized spacial score (nSPS) is 14.4. The maximum Gasteiger partial charge on any atom is 0 e. The van der Waals surface area contributed by atoms with Gasteiger partial charge in [0.2, 0.25) is 0 Å². The number of hydrogen-bond donors (Lipinski definition) is 0. The van der Waals surface area contributed by atoms with Crippen molar-refractivity contribution in [3.63, 3.8) is 0 Å². The van der Waals surface area contributed by atoms with Gasteiger partial charge in [0.25, 0.3) is 0 Å². The van der Waals surface area contributed by atoms with Gasteiger partial charge in [-0.05, 0) is 55.4 Å². The number of halogens is 6. The van der Waals surface area contributed by atoms with E-state index >= 15 is 0 Å². The number of benzene rings is 2. The maximum atomic E-state index is 9.87. The molecule has 0 aliphatic carbocycles. The number of rotatable bonds is 8. The van der Waals surface area contributed by atoms with Gasteiger partial charge < -0.3 is 0 Å². The molecular weight excluding hydrogens is 596 g/mol. The molecule has 0 aromatic heterocycles. The fourth-order valence-electron chi connectivity index (χ4n) is 2.58. The Kier molecular flexibility index (Phi) is 16.7. The average Bonchev–Trinajstić information content (AvgIpc) is 2.78. The first-order chi connectivity index (χ1) is 17.6. The standard InChI is InChI=1S/2C14H20N2.F6P.Ni/c2*1-11(2)15-10-14(16-12(3)4)13-8-6-5-7-9-13;1-7(2,3,4,5)6;/h2*5-12H,1-4H3;;/q;;-1;. The van der Waals surface area contributed by atoms with Crippen molar-refractivity contribution >= 4 is 31.7 Å². The Hall–Kier alpha value is -2.38. The molecule has 0 amide bonds. The van der Waals surface area contributed by atoms with Crippen LogP contribution >= 0.6 is 7.81 Å². The second-order valence-corrected chi connectivity index (χ2v) is 11.6. The van der Waals surface area contributed by atoms with Crippen LogP contribution in [-0.2, 0) is 16.5 Å². The molecule has 0 N–H and O–H groups in total. The van der Waals surface area contributed by atoms with Crippen LogP contribution in [0.5, 0.6) is 0 Å². The Morgan fingerprint density at radius 2 is 0.775 bits per heavy atom. The summed E-state index contributed by atoms with van der Waals surface area (Å²) in [7, 11) is -10.7. The first-order valence-electron chi connectivity index (χ1n) is 12.5. The molecule has 0 bridgehead atoms. The van der Waals surface area contributed by atoms with Crippen molar-refractivity contribution in [3.05, 3.63) is 71.8 Å². The summed E-state index contributed by atoms with van der Waals surface area (Å²) >= 11 is 0. The molecule has 0 unspecified atom stereocenters. The molecule has 0 heterocycles. The minimum Gasteiger partial charge on any atom is 0 e. The summed E-state index contributed by atoms with van der Waals surface area (Å²) in [5.74, 6) is 0. The summed E-state index contributed by atoms with van der Waals surface area (Å²) in [5.41, 5.74) is 4.18. The molecule has 2 rings (SSSR count). The summed E-state index contributed by atoms with van der Waals surface area (Å²) in [5, 5.41) is 0. The zero-order valence-corrected chi connectivity index (χ0v) is 25.9. The molecule has 0 saturated carbocycles. The third kappa shape index (κ3) is 27.2. The van der Waals surface area contributed by atoms with Crippen LogP contribution in [0.1, 0.15) is 66.5 Å². The van der Waals surface area contributed by atoms with E-state index < -0.39 is 7.81 Å². The van der Waals surface area contributed by atoms with E-state index in [0.717, 1.165) is 22.6 Å². The summed E-state index contributed by atoms with van der Waals surface area (Å²) in [6, 6.07) is 21.5. The summed E-state index contributed by atoms with van der Waals surface area (Å²) in [6.45, 7) is 16.6. The third-order valence-corrected chi connectivity index (χ3v) is 3.92. The van der Waals surface area contributed by atoms with Gasteiger partial charge in [-0.2, -0.15) is 0 Å². The Morgan fingerprint density at radius 1 is 0.525 bits per heavy atom. The monoisotopic (exact) mass is 635 g/mol. The summed E-state index contributed by atoms with van der Waals surface area (Å²) in [4.78, 5) is 18.0. The quantitative estimate of drug-likeness (QED) is 0.120. The molecule has 0 aliphatic heterocycles. The van der Waals surface area contributed by atoms with Gasteiger partial charge in [0.05, 0.1) is 11.4 Å². The van der Waals surface area contributed by atoms with Crippen LogP contribution in [0.3, 0.4) is 0 Å². The fourth-order valence-corrected chi connectivity index (χ4v) is 2.58. The topological polar surface area (TPSA) is 49.4 Å². The molecule has 0 atom stereocenters. The first kappa shape index (κ1) is 39.8. The summed E-state index contributed by atoms with van der Waals surface area (Å²) in [6.07, 6.45) is 3.75. The molecule has 2 aromatic carbocycles. The van der Waals surface area contributed by atoms with Crippen LogP contribution in [-0.4, -0.2) is 48.0 Å². The van der Waals surface area contributed by atoms with E-state index in [1.54, 1.807) is 0 Å². The number of nitrogens with zero attached hydrogens (tertiary/aromatic N) is 4. The molecule has 2 aromatic rings. The molecule has 0 aliphatic rings. The van der Waals surface area contributed by atoms with E-state index in [2.05, 4.69) is 99.6 Å². The van der Waals surface area contributed by atoms with Gasteiger partial charge in [-0.1, -0.05) is 60.7 Å². The van der Waals surface area contributed by atoms with Gasteiger partial charge in [-0.15, -0.1) is 0 Å².